The third kappa shape index (κ3) is 3.14. The zero-order chi connectivity index (χ0) is 19.4. The number of hydrogen-bond acceptors (Lipinski definition) is 4. The van der Waals surface area contributed by atoms with Gasteiger partial charge < -0.3 is 15.8 Å². The molecule has 150 valence electrons. The first-order valence-electron chi connectivity index (χ1n) is 9.66. The number of phenolic OH excluding ortho intramolecular Hbond substituents is 1. The van der Waals surface area contributed by atoms with E-state index >= 15 is 0 Å². The summed E-state index contributed by atoms with van der Waals surface area (Å²) in [6, 6.07) is 12.3. The van der Waals surface area contributed by atoms with Crippen molar-refractivity contribution >= 4 is 44.7 Å². The summed E-state index contributed by atoms with van der Waals surface area (Å²) in [6.07, 6.45) is 3.40. The summed E-state index contributed by atoms with van der Waals surface area (Å²) in [6.45, 7) is 1.91. The van der Waals surface area contributed by atoms with Gasteiger partial charge in [0.2, 0.25) is 0 Å². The number of aromatic amines is 1. The van der Waals surface area contributed by atoms with Crippen molar-refractivity contribution in [1.29, 1.82) is 0 Å². The Labute approximate surface area is 178 Å². The van der Waals surface area contributed by atoms with Crippen molar-refractivity contribution in [3.05, 3.63) is 63.3 Å². The van der Waals surface area contributed by atoms with Crippen molar-refractivity contribution in [2.75, 3.05) is 0 Å². The minimum atomic E-state index is -0.0807. The van der Waals surface area contributed by atoms with Crippen molar-refractivity contribution in [2.24, 2.45) is 5.73 Å². The van der Waals surface area contributed by atoms with Crippen LogP contribution < -0.4 is 11.3 Å². The van der Waals surface area contributed by atoms with Gasteiger partial charge in [0.1, 0.15) is 10.4 Å². The largest absolute Gasteiger partial charge is 0.507 e. The second-order valence-corrected chi connectivity index (χ2v) is 8.69. The van der Waals surface area contributed by atoms with Crippen LogP contribution in [0.1, 0.15) is 36.3 Å². The normalized spacial score (nSPS) is 19.0. The summed E-state index contributed by atoms with van der Waals surface area (Å²) in [5.41, 5.74) is 10.8. The summed E-state index contributed by atoms with van der Waals surface area (Å²) in [5, 5.41) is 14.5. The highest BCUT2D eigenvalue weighted by Gasteiger charge is 2.25. The predicted molar refractivity (Wildman–Crippen MR) is 124 cm³/mol. The van der Waals surface area contributed by atoms with Gasteiger partial charge in [-0.2, -0.15) is 0 Å². The Hall–Kier alpha value is -2.34. The molecule has 6 heteroatoms. The summed E-state index contributed by atoms with van der Waals surface area (Å²) in [7, 11) is 0. The molecule has 2 heterocycles. The van der Waals surface area contributed by atoms with E-state index in [1.54, 1.807) is 6.07 Å². The Morgan fingerprint density at radius 2 is 1.93 bits per heavy atom. The number of rotatable bonds is 2. The number of aromatic hydroxyl groups is 1. The van der Waals surface area contributed by atoms with Crippen LogP contribution in [0.5, 0.6) is 5.75 Å². The SMILES string of the molecule is Cc1cc(O)c(-c2ccc([C@H]3CCC[C@H]3N)cc2)c2c1[nH]c(=O)c1sccc12.Cl. The second-order valence-electron chi connectivity index (χ2n) is 7.78. The van der Waals surface area contributed by atoms with Gasteiger partial charge in [-0.05, 0) is 59.9 Å². The fraction of sp³-hybridized carbons (Fsp3) is 0.261. The van der Waals surface area contributed by atoms with Crippen LogP contribution in [0.3, 0.4) is 0 Å². The van der Waals surface area contributed by atoms with E-state index in [2.05, 4.69) is 29.2 Å². The molecule has 2 aromatic carbocycles. The van der Waals surface area contributed by atoms with Crippen LogP contribution in [-0.2, 0) is 0 Å². The first-order chi connectivity index (χ1) is 13.5. The highest BCUT2D eigenvalue weighted by atomic mass is 35.5. The number of thiophene rings is 1. The van der Waals surface area contributed by atoms with Crippen molar-refractivity contribution < 1.29 is 5.11 Å². The number of halogens is 1. The maximum atomic E-state index is 12.4. The van der Waals surface area contributed by atoms with Crippen LogP contribution in [0.2, 0.25) is 0 Å². The number of H-pyrrole nitrogens is 1. The van der Waals surface area contributed by atoms with Gasteiger partial charge in [0, 0.05) is 22.4 Å². The van der Waals surface area contributed by atoms with E-state index in [0.717, 1.165) is 45.8 Å². The predicted octanol–water partition coefficient (Wildman–Crippen LogP) is 5.44. The van der Waals surface area contributed by atoms with Crippen molar-refractivity contribution in [3.63, 3.8) is 0 Å². The van der Waals surface area contributed by atoms with Gasteiger partial charge in [0.15, 0.2) is 0 Å². The quantitative estimate of drug-likeness (QED) is 0.399. The molecule has 0 amide bonds. The van der Waals surface area contributed by atoms with E-state index in [9.17, 15) is 9.90 Å². The summed E-state index contributed by atoms with van der Waals surface area (Å²) < 4.78 is 0.687. The first-order valence-corrected chi connectivity index (χ1v) is 10.5. The fourth-order valence-corrected chi connectivity index (χ4v) is 5.47. The summed E-state index contributed by atoms with van der Waals surface area (Å²) in [4.78, 5) is 15.5. The van der Waals surface area contributed by atoms with Crippen LogP contribution in [0.15, 0.2) is 46.6 Å². The maximum absolute atomic E-state index is 12.4. The molecule has 2 atom stereocenters. The lowest BCUT2D eigenvalue weighted by Gasteiger charge is -2.17. The molecule has 1 aliphatic rings. The number of aromatic nitrogens is 1. The standard InChI is InChI=1S/C23H22N2O2S.ClH/c1-12-11-18(26)19(20-16-9-10-28-22(16)23(27)25-21(12)20)14-7-5-13(6-8-14)15-3-2-4-17(15)24;/h5-11,15,17,26H,2-4,24H2,1H3,(H,25,27);1H/t15-,17-;/m1./s1. The number of nitrogens with two attached hydrogens (primary N) is 1. The van der Waals surface area contributed by atoms with E-state index in [4.69, 9.17) is 5.73 Å². The molecule has 0 spiro atoms. The summed E-state index contributed by atoms with van der Waals surface area (Å²) in [5.74, 6) is 0.646. The molecule has 4 aromatic rings. The topological polar surface area (TPSA) is 79.1 Å². The molecule has 1 fully saturated rings. The van der Waals surface area contributed by atoms with Gasteiger partial charge in [-0.25, -0.2) is 0 Å². The first kappa shape index (κ1) is 20.0. The third-order valence-electron chi connectivity index (χ3n) is 6.08. The van der Waals surface area contributed by atoms with Gasteiger partial charge >= 0.3 is 0 Å². The molecule has 29 heavy (non-hydrogen) atoms. The van der Waals surface area contributed by atoms with Crippen LogP contribution in [0.25, 0.3) is 32.1 Å². The van der Waals surface area contributed by atoms with E-state index < -0.39 is 0 Å². The van der Waals surface area contributed by atoms with Crippen molar-refractivity contribution in [2.45, 2.75) is 38.1 Å². The monoisotopic (exact) mass is 426 g/mol. The van der Waals surface area contributed by atoms with E-state index in [1.165, 1.54) is 23.3 Å². The van der Waals surface area contributed by atoms with Crippen molar-refractivity contribution in [1.82, 2.24) is 4.98 Å². The smallest absolute Gasteiger partial charge is 0.266 e. The summed E-state index contributed by atoms with van der Waals surface area (Å²) >= 11 is 1.42. The number of hydrogen-bond donors (Lipinski definition) is 3. The molecule has 4 nitrogen and oxygen atoms in total. The molecular weight excluding hydrogens is 404 g/mol. The van der Waals surface area contributed by atoms with Crippen LogP contribution in [0, 0.1) is 6.92 Å². The Morgan fingerprint density at radius 3 is 2.62 bits per heavy atom. The van der Waals surface area contributed by atoms with Crippen LogP contribution in [-0.4, -0.2) is 16.1 Å². The average molecular weight is 427 g/mol. The molecule has 1 saturated carbocycles. The number of fused-ring (bicyclic) bond motifs is 3. The molecule has 0 unspecified atom stereocenters. The molecule has 0 radical (unpaired) electrons. The molecular formula is C23H23ClN2O2S. The second kappa shape index (κ2) is 7.48. The van der Waals surface area contributed by atoms with Crippen LogP contribution in [0.4, 0.5) is 0 Å². The third-order valence-corrected chi connectivity index (χ3v) is 6.99. The highest BCUT2D eigenvalue weighted by molar-refractivity contribution is 7.17. The van der Waals surface area contributed by atoms with E-state index in [1.807, 2.05) is 18.4 Å². The highest BCUT2D eigenvalue weighted by Crippen LogP contribution is 2.42. The lowest BCUT2D eigenvalue weighted by Crippen LogP contribution is -2.22. The molecule has 4 N–H and O–H groups in total. The molecule has 0 saturated heterocycles. The average Bonchev–Trinajstić information content (AvgIpc) is 3.33. The van der Waals surface area contributed by atoms with Crippen molar-refractivity contribution in [3.8, 4) is 16.9 Å². The lowest BCUT2D eigenvalue weighted by atomic mass is 9.91. The lowest BCUT2D eigenvalue weighted by molar-refractivity contribution is 0.477. The Bertz CT molecular complexity index is 1260. The van der Waals surface area contributed by atoms with Gasteiger partial charge in [0.05, 0.1) is 5.52 Å². The molecule has 2 aromatic heterocycles. The minimum Gasteiger partial charge on any atom is -0.507 e. The molecule has 0 bridgehead atoms. The van der Waals surface area contributed by atoms with Gasteiger partial charge in [-0.15, -0.1) is 23.7 Å². The minimum absolute atomic E-state index is 0. The number of benzene rings is 2. The zero-order valence-corrected chi connectivity index (χ0v) is 17.7. The maximum Gasteiger partial charge on any atom is 0.266 e. The number of phenols is 1. The number of nitrogens with one attached hydrogen (secondary N) is 1. The Morgan fingerprint density at radius 1 is 1.17 bits per heavy atom. The van der Waals surface area contributed by atoms with Gasteiger partial charge in [0.25, 0.3) is 5.56 Å². The van der Waals surface area contributed by atoms with E-state index in [0.29, 0.717) is 10.6 Å². The Balaban J connectivity index is 0.00000205. The van der Waals surface area contributed by atoms with Gasteiger partial charge in [-0.3, -0.25) is 4.79 Å². The molecule has 5 rings (SSSR count). The Kier molecular flexibility index (Phi) is 5.15. The molecule has 0 aliphatic heterocycles. The molecule has 1 aliphatic carbocycles. The van der Waals surface area contributed by atoms with Gasteiger partial charge in [-0.1, -0.05) is 30.7 Å². The van der Waals surface area contributed by atoms with E-state index in [-0.39, 0.29) is 29.8 Å². The number of aryl methyl sites for hydroxylation is 1. The number of pyridine rings is 1. The fourth-order valence-electron chi connectivity index (χ4n) is 4.67. The van der Waals surface area contributed by atoms with Crippen LogP contribution >= 0.6 is 23.7 Å². The zero-order valence-electron chi connectivity index (χ0n) is 16.1.